The predicted molar refractivity (Wildman–Crippen MR) is 100 cm³/mol. The maximum absolute atomic E-state index is 13.3. The van der Waals surface area contributed by atoms with Gasteiger partial charge in [-0.25, -0.2) is 0 Å². The minimum Gasteiger partial charge on any atom is -0.340 e. The summed E-state index contributed by atoms with van der Waals surface area (Å²) in [5, 5.41) is 8.99. The molecule has 2 aliphatic heterocycles. The van der Waals surface area contributed by atoms with E-state index in [1.807, 2.05) is 28.5 Å². The third kappa shape index (κ3) is 3.40. The van der Waals surface area contributed by atoms with Crippen LogP contribution in [-0.2, 0) is 4.79 Å². The zero-order chi connectivity index (χ0) is 17.9. The number of aromatic amines is 1. The molecule has 2 unspecified atom stereocenters. The Labute approximate surface area is 157 Å². The molecular weight excluding hydrogens is 348 g/mol. The maximum atomic E-state index is 13.3. The molecule has 0 aromatic carbocycles. The molecular formula is C19H24N4O2S. The molecule has 0 aliphatic carbocycles. The number of carbonyl (C=O) groups excluding carboxylic acids is 2. The van der Waals surface area contributed by atoms with E-state index in [4.69, 9.17) is 0 Å². The van der Waals surface area contributed by atoms with Crippen molar-refractivity contribution in [2.45, 2.75) is 44.1 Å². The van der Waals surface area contributed by atoms with Crippen molar-refractivity contribution in [3.8, 4) is 0 Å². The Morgan fingerprint density at radius 2 is 2.08 bits per heavy atom. The molecule has 2 amide bonds. The van der Waals surface area contributed by atoms with Gasteiger partial charge in [0.25, 0.3) is 5.91 Å². The quantitative estimate of drug-likeness (QED) is 0.901. The maximum Gasteiger partial charge on any atom is 0.264 e. The molecule has 2 aromatic heterocycles. The number of nitrogens with one attached hydrogen (secondary N) is 1. The van der Waals surface area contributed by atoms with Gasteiger partial charge in [0.15, 0.2) is 0 Å². The summed E-state index contributed by atoms with van der Waals surface area (Å²) < 4.78 is 0. The molecule has 2 atom stereocenters. The smallest absolute Gasteiger partial charge is 0.264 e. The van der Waals surface area contributed by atoms with Gasteiger partial charge in [-0.2, -0.15) is 5.10 Å². The molecule has 26 heavy (non-hydrogen) atoms. The second-order valence-electron chi connectivity index (χ2n) is 7.12. The number of hydrogen-bond acceptors (Lipinski definition) is 4. The summed E-state index contributed by atoms with van der Waals surface area (Å²) in [4.78, 5) is 30.6. The van der Waals surface area contributed by atoms with Crippen molar-refractivity contribution in [2.75, 3.05) is 19.6 Å². The topological polar surface area (TPSA) is 69.3 Å². The average molecular weight is 372 g/mol. The molecule has 4 rings (SSSR count). The zero-order valence-corrected chi connectivity index (χ0v) is 15.6. The van der Waals surface area contributed by atoms with Crippen LogP contribution >= 0.6 is 11.3 Å². The molecule has 0 spiro atoms. The number of likely N-dealkylation sites (tertiary alicyclic amines) is 2. The number of thiophene rings is 1. The molecule has 6 nitrogen and oxygen atoms in total. The fourth-order valence-corrected chi connectivity index (χ4v) is 4.79. The van der Waals surface area contributed by atoms with E-state index in [2.05, 4.69) is 10.2 Å². The van der Waals surface area contributed by atoms with E-state index in [9.17, 15) is 9.59 Å². The number of carbonyl (C=O) groups is 2. The molecule has 1 N–H and O–H groups in total. The van der Waals surface area contributed by atoms with Crippen LogP contribution in [0.1, 0.15) is 53.4 Å². The molecule has 2 aromatic rings. The largest absolute Gasteiger partial charge is 0.340 e. The third-order valence-corrected chi connectivity index (χ3v) is 6.33. The highest BCUT2D eigenvalue weighted by Crippen LogP contribution is 2.28. The van der Waals surface area contributed by atoms with Gasteiger partial charge in [-0.15, -0.1) is 11.3 Å². The first-order valence-corrected chi connectivity index (χ1v) is 10.2. The van der Waals surface area contributed by atoms with E-state index in [1.54, 1.807) is 11.1 Å². The van der Waals surface area contributed by atoms with Crippen molar-refractivity contribution >= 4 is 23.2 Å². The molecule has 7 heteroatoms. The normalized spacial score (nSPS) is 23.8. The van der Waals surface area contributed by atoms with Gasteiger partial charge >= 0.3 is 0 Å². The summed E-state index contributed by atoms with van der Waals surface area (Å²) in [5.41, 5.74) is 1.10. The summed E-state index contributed by atoms with van der Waals surface area (Å²) in [6.45, 7) is 2.16. The fourth-order valence-electron chi connectivity index (χ4n) is 4.11. The summed E-state index contributed by atoms with van der Waals surface area (Å²) >= 11 is 1.45. The summed E-state index contributed by atoms with van der Waals surface area (Å²) in [6, 6.07) is 5.40. The number of piperidine rings is 2. The molecule has 2 fully saturated rings. The monoisotopic (exact) mass is 372 g/mol. The third-order valence-electron chi connectivity index (χ3n) is 5.48. The highest BCUT2D eigenvalue weighted by Gasteiger charge is 2.37. The van der Waals surface area contributed by atoms with E-state index in [1.165, 1.54) is 11.3 Å². The van der Waals surface area contributed by atoms with Gasteiger partial charge in [0.1, 0.15) is 6.04 Å². The lowest BCUT2D eigenvalue weighted by Crippen LogP contribution is -2.54. The van der Waals surface area contributed by atoms with Crippen molar-refractivity contribution < 1.29 is 9.59 Å². The van der Waals surface area contributed by atoms with Gasteiger partial charge in [-0.3, -0.25) is 14.7 Å². The first-order chi connectivity index (χ1) is 12.7. The molecule has 138 valence electrons. The van der Waals surface area contributed by atoms with Crippen molar-refractivity contribution in [1.29, 1.82) is 0 Å². The first kappa shape index (κ1) is 17.3. The van der Waals surface area contributed by atoms with Crippen LogP contribution in [0.25, 0.3) is 0 Å². The SMILES string of the molecule is O=C(C1CCCCN1C(=O)c1cccs1)N1CCCC(c2ccn[nH]2)C1. The lowest BCUT2D eigenvalue weighted by molar-refractivity contribution is -0.138. The lowest BCUT2D eigenvalue weighted by Gasteiger charge is -2.40. The number of H-pyrrole nitrogens is 1. The van der Waals surface area contributed by atoms with Crippen LogP contribution in [-0.4, -0.2) is 57.5 Å². The van der Waals surface area contributed by atoms with Gasteiger partial charge in [-0.05, 0) is 49.6 Å². The van der Waals surface area contributed by atoms with E-state index in [-0.39, 0.29) is 17.9 Å². The molecule has 2 aliphatic rings. The van der Waals surface area contributed by atoms with E-state index in [0.29, 0.717) is 19.0 Å². The Bertz CT molecular complexity index is 744. The average Bonchev–Trinajstić information content (AvgIpc) is 3.41. The second-order valence-corrected chi connectivity index (χ2v) is 8.07. The summed E-state index contributed by atoms with van der Waals surface area (Å²) in [7, 11) is 0. The molecule has 4 heterocycles. The lowest BCUT2D eigenvalue weighted by atomic mass is 9.93. The van der Waals surface area contributed by atoms with Crippen molar-refractivity contribution in [2.24, 2.45) is 0 Å². The number of amides is 2. The van der Waals surface area contributed by atoms with Crippen LogP contribution in [0.3, 0.4) is 0 Å². The van der Waals surface area contributed by atoms with Crippen molar-refractivity contribution in [3.63, 3.8) is 0 Å². The van der Waals surface area contributed by atoms with Crippen LogP contribution in [0.4, 0.5) is 0 Å². The molecule has 0 bridgehead atoms. The highest BCUT2D eigenvalue weighted by molar-refractivity contribution is 7.12. The van der Waals surface area contributed by atoms with Gasteiger partial charge in [-0.1, -0.05) is 6.07 Å². The predicted octanol–water partition coefficient (Wildman–Crippen LogP) is 2.87. The summed E-state index contributed by atoms with van der Waals surface area (Å²) in [5.74, 6) is 0.416. The van der Waals surface area contributed by atoms with Crippen molar-refractivity contribution in [1.82, 2.24) is 20.0 Å². The van der Waals surface area contributed by atoms with Gasteiger partial charge in [0.05, 0.1) is 4.88 Å². The van der Waals surface area contributed by atoms with E-state index < -0.39 is 0 Å². The zero-order valence-electron chi connectivity index (χ0n) is 14.8. The minimum absolute atomic E-state index is 0.000164. The second kappa shape index (κ2) is 7.61. The van der Waals surface area contributed by atoms with Crippen molar-refractivity contribution in [3.05, 3.63) is 40.3 Å². The Balaban J connectivity index is 1.49. The number of rotatable bonds is 3. The highest BCUT2D eigenvalue weighted by atomic mass is 32.1. The van der Waals surface area contributed by atoms with E-state index in [0.717, 1.165) is 49.2 Å². The van der Waals surface area contributed by atoms with Gasteiger partial charge in [0, 0.05) is 37.4 Å². The van der Waals surface area contributed by atoms with Crippen LogP contribution < -0.4 is 0 Å². The van der Waals surface area contributed by atoms with Crippen LogP contribution in [0.2, 0.25) is 0 Å². The molecule has 0 radical (unpaired) electrons. The van der Waals surface area contributed by atoms with E-state index >= 15 is 0 Å². The Morgan fingerprint density at radius 1 is 1.15 bits per heavy atom. The van der Waals surface area contributed by atoms with Gasteiger partial charge < -0.3 is 9.80 Å². The van der Waals surface area contributed by atoms with Crippen LogP contribution in [0.5, 0.6) is 0 Å². The first-order valence-electron chi connectivity index (χ1n) is 9.36. The fraction of sp³-hybridized carbons (Fsp3) is 0.526. The molecule has 2 saturated heterocycles. The Kier molecular flexibility index (Phi) is 5.06. The molecule has 0 saturated carbocycles. The number of aromatic nitrogens is 2. The van der Waals surface area contributed by atoms with Crippen LogP contribution in [0.15, 0.2) is 29.8 Å². The van der Waals surface area contributed by atoms with Crippen LogP contribution in [0, 0.1) is 0 Å². The number of hydrogen-bond donors (Lipinski definition) is 1. The van der Waals surface area contributed by atoms with Gasteiger partial charge in [0.2, 0.25) is 5.91 Å². The Morgan fingerprint density at radius 3 is 2.85 bits per heavy atom. The summed E-state index contributed by atoms with van der Waals surface area (Å²) in [6.07, 6.45) is 6.55. The Hall–Kier alpha value is -2.15. The minimum atomic E-state index is -0.320. The standard InChI is InChI=1S/C19H24N4O2S/c24-18(22-10-3-5-14(13-22)15-8-9-20-21-15)16-6-1-2-11-23(16)19(25)17-7-4-12-26-17/h4,7-9,12,14,16H,1-3,5-6,10-11,13H2,(H,20,21). The number of nitrogens with zero attached hydrogens (tertiary/aromatic N) is 3.